The van der Waals surface area contributed by atoms with Crippen molar-refractivity contribution in [1.29, 1.82) is 5.26 Å². The fraction of sp³-hybridized carbons (Fsp3) is 0.0556. The minimum absolute atomic E-state index is 0.143. The number of phenols is 1. The molecule has 9 nitrogen and oxygen atoms in total. The number of aromatic nitrogens is 2. The number of nitro groups is 1. The quantitative estimate of drug-likeness (QED) is 0.155. The number of aromatic hydroxyl groups is 1. The highest BCUT2D eigenvalue weighted by molar-refractivity contribution is 14.1. The van der Waals surface area contributed by atoms with Gasteiger partial charge in [0.05, 0.1) is 4.92 Å². The van der Waals surface area contributed by atoms with Gasteiger partial charge in [0.15, 0.2) is 11.6 Å². The number of nitrogens with one attached hydrogen (secondary N) is 2. The average molecular weight is 488 g/mol. The van der Waals surface area contributed by atoms with Gasteiger partial charge < -0.3 is 10.4 Å². The van der Waals surface area contributed by atoms with Crippen molar-refractivity contribution in [1.82, 2.24) is 10.2 Å². The minimum Gasteiger partial charge on any atom is -0.502 e. The lowest BCUT2D eigenvalue weighted by molar-refractivity contribution is -0.385. The van der Waals surface area contributed by atoms with Crippen LogP contribution in [0, 0.1) is 21.4 Å². The van der Waals surface area contributed by atoms with E-state index in [1.165, 1.54) is 30.0 Å². The first-order chi connectivity index (χ1) is 13.5. The second kappa shape index (κ2) is 8.49. The largest absolute Gasteiger partial charge is 0.502 e. The molecule has 1 heterocycles. The van der Waals surface area contributed by atoms with Gasteiger partial charge in [-0.05, 0) is 35.4 Å². The molecule has 0 atom stereocenters. The molecule has 0 unspecified atom stereocenters. The number of phenolic OH excluding ortho intramolecular Hbond substituents is 1. The van der Waals surface area contributed by atoms with Gasteiger partial charge in [-0.2, -0.15) is 10.4 Å². The Bertz CT molecular complexity index is 1090. The number of nitriles is 1. The van der Waals surface area contributed by atoms with E-state index >= 15 is 0 Å². The van der Waals surface area contributed by atoms with Crippen LogP contribution in [0.3, 0.4) is 0 Å². The normalized spacial score (nSPS) is 10.7. The maximum atomic E-state index is 10.9. The second-order valence-corrected chi connectivity index (χ2v) is 6.39. The third-order valence-electron chi connectivity index (χ3n) is 3.77. The van der Waals surface area contributed by atoms with E-state index in [4.69, 9.17) is 0 Å². The van der Waals surface area contributed by atoms with Gasteiger partial charge in [0.1, 0.15) is 17.5 Å². The Hall–Kier alpha value is -3.46. The van der Waals surface area contributed by atoms with E-state index < -0.39 is 16.4 Å². The average Bonchev–Trinajstić information content (AvgIpc) is 3.09. The van der Waals surface area contributed by atoms with E-state index in [0.717, 1.165) is 10.1 Å². The van der Waals surface area contributed by atoms with Gasteiger partial charge in [-0.3, -0.25) is 15.2 Å². The van der Waals surface area contributed by atoms with Crippen molar-refractivity contribution in [3.63, 3.8) is 0 Å². The predicted octanol–water partition coefficient (Wildman–Crippen LogP) is 4.32. The third kappa shape index (κ3) is 4.26. The van der Waals surface area contributed by atoms with Crippen LogP contribution in [0.4, 0.5) is 23.0 Å². The number of rotatable bonds is 6. The number of nitro benzene ring substituents is 1. The number of halogens is 1. The predicted molar refractivity (Wildman–Crippen MR) is 113 cm³/mol. The highest BCUT2D eigenvalue weighted by atomic mass is 127. The molecule has 0 aliphatic carbocycles. The summed E-state index contributed by atoms with van der Waals surface area (Å²) in [6.07, 6.45) is 1.34. The maximum absolute atomic E-state index is 10.9. The highest BCUT2D eigenvalue weighted by Crippen LogP contribution is 2.28. The van der Waals surface area contributed by atoms with Gasteiger partial charge >= 0.3 is 5.69 Å². The molecule has 28 heavy (non-hydrogen) atoms. The molecule has 0 aliphatic rings. The van der Waals surface area contributed by atoms with Crippen molar-refractivity contribution in [2.75, 3.05) is 5.32 Å². The molecule has 0 bridgehead atoms. The molecular formula is C18H13IN6O3. The van der Waals surface area contributed by atoms with Gasteiger partial charge in [0.2, 0.25) is 0 Å². The molecule has 1 aromatic heterocycles. The van der Waals surface area contributed by atoms with Gasteiger partial charge in [-0.25, -0.2) is 4.99 Å². The van der Waals surface area contributed by atoms with E-state index in [1.807, 2.05) is 30.3 Å². The van der Waals surface area contributed by atoms with E-state index in [1.54, 1.807) is 0 Å². The first-order valence-corrected chi connectivity index (χ1v) is 9.46. The molecule has 0 spiro atoms. The lowest BCUT2D eigenvalue weighted by Gasteiger charge is -2.04. The molecule has 3 aromatic rings. The van der Waals surface area contributed by atoms with Crippen LogP contribution in [0.25, 0.3) is 0 Å². The van der Waals surface area contributed by atoms with Crippen LogP contribution >= 0.6 is 22.6 Å². The Morgan fingerprint density at radius 1 is 1.36 bits per heavy atom. The summed E-state index contributed by atoms with van der Waals surface area (Å²) in [5.41, 5.74) is 2.15. The standard InChI is InChI=1S/C18H13IN6O3/c19-8-11-1-4-13(5-2-11)22-18-14(9-20)17(23-24-18)21-10-12-3-6-16(26)15(7-12)25(27)28/h1-7,10,26H,8H2,(H2,22,23,24). The van der Waals surface area contributed by atoms with Crippen molar-refractivity contribution in [2.24, 2.45) is 4.99 Å². The molecule has 10 heteroatoms. The van der Waals surface area contributed by atoms with Crippen LogP contribution in [0.1, 0.15) is 16.7 Å². The maximum Gasteiger partial charge on any atom is 0.311 e. The van der Waals surface area contributed by atoms with Crippen molar-refractivity contribution >= 4 is 51.8 Å². The zero-order valence-corrected chi connectivity index (χ0v) is 16.4. The Labute approximate surface area is 173 Å². The van der Waals surface area contributed by atoms with Crippen molar-refractivity contribution in [2.45, 2.75) is 4.43 Å². The number of nitrogens with zero attached hydrogens (tertiary/aromatic N) is 4. The highest BCUT2D eigenvalue weighted by Gasteiger charge is 2.14. The molecular weight excluding hydrogens is 475 g/mol. The number of aromatic amines is 1. The number of H-pyrrole nitrogens is 1. The fourth-order valence-corrected chi connectivity index (χ4v) is 2.85. The molecule has 0 amide bonds. The first kappa shape index (κ1) is 19.3. The zero-order chi connectivity index (χ0) is 20.1. The molecule has 0 fully saturated rings. The SMILES string of the molecule is N#Cc1c(N=Cc2ccc(O)c([N+](=O)[O-])c2)n[nH]c1Nc1ccc(CI)cc1. The first-order valence-electron chi connectivity index (χ1n) is 7.93. The lowest BCUT2D eigenvalue weighted by atomic mass is 10.2. The van der Waals surface area contributed by atoms with Crippen LogP contribution in [0.5, 0.6) is 5.75 Å². The fourth-order valence-electron chi connectivity index (χ4n) is 2.35. The number of hydrogen-bond donors (Lipinski definition) is 3. The van der Waals surface area contributed by atoms with Gasteiger partial charge in [-0.1, -0.05) is 34.7 Å². The second-order valence-electron chi connectivity index (χ2n) is 5.63. The Balaban J connectivity index is 1.84. The molecule has 3 N–H and O–H groups in total. The number of hydrogen-bond acceptors (Lipinski definition) is 7. The molecule has 3 rings (SSSR count). The summed E-state index contributed by atoms with van der Waals surface area (Å²) in [5.74, 6) is 0.109. The summed E-state index contributed by atoms with van der Waals surface area (Å²) >= 11 is 2.28. The van der Waals surface area contributed by atoms with Gasteiger partial charge in [0.25, 0.3) is 0 Å². The zero-order valence-electron chi connectivity index (χ0n) is 14.3. The van der Waals surface area contributed by atoms with Gasteiger partial charge in [0, 0.05) is 22.4 Å². The smallest absolute Gasteiger partial charge is 0.311 e. The Morgan fingerprint density at radius 3 is 2.75 bits per heavy atom. The van der Waals surface area contributed by atoms with E-state index in [0.29, 0.717) is 11.4 Å². The summed E-state index contributed by atoms with van der Waals surface area (Å²) in [6, 6.07) is 13.7. The van der Waals surface area contributed by atoms with Crippen LogP contribution in [-0.2, 0) is 4.43 Å². The molecule has 0 radical (unpaired) electrons. The lowest BCUT2D eigenvalue weighted by Crippen LogP contribution is -1.93. The monoisotopic (exact) mass is 488 g/mol. The summed E-state index contributed by atoms with van der Waals surface area (Å²) in [5, 5.41) is 39.7. The third-order valence-corrected chi connectivity index (χ3v) is 4.65. The minimum atomic E-state index is -0.687. The molecule has 0 saturated heterocycles. The van der Waals surface area contributed by atoms with Crippen molar-refractivity contribution in [3.8, 4) is 11.8 Å². The summed E-state index contributed by atoms with van der Waals surface area (Å²) in [4.78, 5) is 14.3. The molecule has 0 saturated carbocycles. The van der Waals surface area contributed by atoms with Crippen molar-refractivity contribution in [3.05, 3.63) is 69.3 Å². The number of alkyl halides is 1. The molecule has 140 valence electrons. The van der Waals surface area contributed by atoms with Gasteiger partial charge in [-0.15, -0.1) is 0 Å². The molecule has 2 aromatic carbocycles. The molecule has 0 aliphatic heterocycles. The Morgan fingerprint density at radius 2 is 2.11 bits per heavy atom. The van der Waals surface area contributed by atoms with E-state index in [9.17, 15) is 20.5 Å². The summed E-state index contributed by atoms with van der Waals surface area (Å²) in [6.45, 7) is 0. The number of anilines is 2. The van der Waals surface area contributed by atoms with Crippen molar-refractivity contribution < 1.29 is 10.0 Å². The van der Waals surface area contributed by atoms with E-state index in [-0.39, 0.29) is 11.4 Å². The van der Waals surface area contributed by atoms with Crippen LogP contribution in [0.15, 0.2) is 47.5 Å². The Kier molecular flexibility index (Phi) is 5.85. The number of aliphatic imine (C=N–C) groups is 1. The van der Waals surface area contributed by atoms with Crippen LogP contribution in [-0.4, -0.2) is 26.4 Å². The van der Waals surface area contributed by atoms with E-state index in [2.05, 4.69) is 43.1 Å². The summed E-state index contributed by atoms with van der Waals surface area (Å²) in [7, 11) is 0. The van der Waals surface area contributed by atoms with Crippen LogP contribution in [0.2, 0.25) is 0 Å². The number of benzene rings is 2. The van der Waals surface area contributed by atoms with Crippen LogP contribution < -0.4 is 5.32 Å². The summed E-state index contributed by atoms with van der Waals surface area (Å²) < 4.78 is 0.903. The topological polar surface area (TPSA) is 140 Å².